The van der Waals surface area contributed by atoms with Crippen molar-refractivity contribution in [3.05, 3.63) is 76.1 Å². The number of benzene rings is 2. The van der Waals surface area contributed by atoms with Gasteiger partial charge in [0.15, 0.2) is 0 Å². The molecule has 1 aromatic heterocycles. The Bertz CT molecular complexity index is 963. The SMILES string of the molecule is COc1ccc(-c2cc(-c3ccc(C)cc3)c(C#N)c(=O)[nH]2)cc1. The zero-order valence-electron chi connectivity index (χ0n) is 13.5. The summed E-state index contributed by atoms with van der Waals surface area (Å²) in [5.74, 6) is 0.744. The summed E-state index contributed by atoms with van der Waals surface area (Å²) in [6, 6.07) is 19.0. The van der Waals surface area contributed by atoms with Crippen LogP contribution in [0.2, 0.25) is 0 Å². The molecule has 0 saturated heterocycles. The van der Waals surface area contributed by atoms with Crippen molar-refractivity contribution in [1.29, 1.82) is 5.26 Å². The molecule has 0 aliphatic carbocycles. The van der Waals surface area contributed by atoms with Crippen molar-refractivity contribution in [3.8, 4) is 34.2 Å². The predicted molar refractivity (Wildman–Crippen MR) is 93.9 cm³/mol. The van der Waals surface area contributed by atoms with E-state index < -0.39 is 0 Å². The number of aryl methyl sites for hydroxylation is 1. The molecule has 118 valence electrons. The molecule has 0 fully saturated rings. The molecule has 0 atom stereocenters. The van der Waals surface area contributed by atoms with E-state index in [0.29, 0.717) is 11.3 Å². The highest BCUT2D eigenvalue weighted by atomic mass is 16.5. The number of nitrogens with zero attached hydrogens (tertiary/aromatic N) is 1. The van der Waals surface area contributed by atoms with E-state index in [1.807, 2.05) is 67.6 Å². The first-order valence-corrected chi connectivity index (χ1v) is 7.51. The van der Waals surface area contributed by atoms with Crippen LogP contribution in [-0.4, -0.2) is 12.1 Å². The Kier molecular flexibility index (Phi) is 4.17. The van der Waals surface area contributed by atoms with E-state index in [9.17, 15) is 10.1 Å². The van der Waals surface area contributed by atoms with Crippen LogP contribution in [0.4, 0.5) is 0 Å². The van der Waals surface area contributed by atoms with Crippen LogP contribution in [0.25, 0.3) is 22.4 Å². The molecule has 4 nitrogen and oxygen atoms in total. The third-order valence-electron chi connectivity index (χ3n) is 3.91. The number of hydrogen-bond acceptors (Lipinski definition) is 3. The Morgan fingerprint density at radius 1 is 1.00 bits per heavy atom. The van der Waals surface area contributed by atoms with Crippen LogP contribution in [0.1, 0.15) is 11.1 Å². The average Bonchev–Trinajstić information content (AvgIpc) is 2.62. The molecule has 4 heteroatoms. The number of ether oxygens (including phenoxy) is 1. The second-order valence-electron chi connectivity index (χ2n) is 5.51. The Hall–Kier alpha value is -3.32. The lowest BCUT2D eigenvalue weighted by Crippen LogP contribution is -2.12. The van der Waals surface area contributed by atoms with Gasteiger partial charge in [0.2, 0.25) is 0 Å². The predicted octanol–water partition coefficient (Wildman–Crippen LogP) is 3.90. The molecule has 24 heavy (non-hydrogen) atoms. The first-order chi connectivity index (χ1) is 11.6. The maximum Gasteiger partial charge on any atom is 0.266 e. The molecular weight excluding hydrogens is 300 g/mol. The second kappa shape index (κ2) is 6.43. The molecule has 1 heterocycles. The number of nitriles is 1. The monoisotopic (exact) mass is 316 g/mol. The van der Waals surface area contributed by atoms with E-state index in [4.69, 9.17) is 4.74 Å². The van der Waals surface area contributed by atoms with E-state index in [-0.39, 0.29) is 11.1 Å². The third-order valence-corrected chi connectivity index (χ3v) is 3.91. The maximum atomic E-state index is 12.3. The lowest BCUT2D eigenvalue weighted by atomic mass is 9.98. The van der Waals surface area contributed by atoms with Gasteiger partial charge < -0.3 is 9.72 Å². The van der Waals surface area contributed by atoms with Gasteiger partial charge in [0.25, 0.3) is 5.56 Å². The van der Waals surface area contributed by atoms with Gasteiger partial charge in [0.1, 0.15) is 17.4 Å². The maximum absolute atomic E-state index is 12.3. The van der Waals surface area contributed by atoms with Crippen molar-refractivity contribution in [2.75, 3.05) is 7.11 Å². The zero-order chi connectivity index (χ0) is 17.1. The summed E-state index contributed by atoms with van der Waals surface area (Å²) >= 11 is 0. The molecule has 3 aromatic rings. The largest absolute Gasteiger partial charge is 0.497 e. The van der Waals surface area contributed by atoms with E-state index in [1.54, 1.807) is 7.11 Å². The lowest BCUT2D eigenvalue weighted by Gasteiger charge is -2.09. The minimum atomic E-state index is -0.388. The fraction of sp³-hybridized carbons (Fsp3) is 0.100. The normalized spacial score (nSPS) is 10.2. The van der Waals surface area contributed by atoms with Crippen LogP contribution in [0.3, 0.4) is 0 Å². The Balaban J connectivity index is 2.17. The first-order valence-electron chi connectivity index (χ1n) is 7.51. The second-order valence-corrected chi connectivity index (χ2v) is 5.51. The Labute approximate surface area is 140 Å². The minimum Gasteiger partial charge on any atom is -0.497 e. The highest BCUT2D eigenvalue weighted by molar-refractivity contribution is 5.75. The van der Waals surface area contributed by atoms with Gasteiger partial charge >= 0.3 is 0 Å². The molecule has 0 unspecified atom stereocenters. The summed E-state index contributed by atoms with van der Waals surface area (Å²) in [6.45, 7) is 2.00. The van der Waals surface area contributed by atoms with E-state index in [1.165, 1.54) is 0 Å². The van der Waals surface area contributed by atoms with Crippen LogP contribution in [0.5, 0.6) is 5.75 Å². The lowest BCUT2D eigenvalue weighted by molar-refractivity contribution is 0.415. The minimum absolute atomic E-state index is 0.121. The molecule has 0 aliphatic rings. The molecule has 0 radical (unpaired) electrons. The van der Waals surface area contributed by atoms with Gasteiger partial charge in [-0.2, -0.15) is 5.26 Å². The standard InChI is InChI=1S/C20H16N2O2/c1-13-3-5-14(6-4-13)17-11-19(22-20(23)18(17)12-21)15-7-9-16(24-2)10-8-15/h3-11H,1-2H3,(H,22,23). The smallest absolute Gasteiger partial charge is 0.266 e. The number of hydrogen-bond donors (Lipinski definition) is 1. The van der Waals surface area contributed by atoms with E-state index in [2.05, 4.69) is 4.98 Å². The van der Waals surface area contributed by atoms with Crippen molar-refractivity contribution in [2.24, 2.45) is 0 Å². The molecule has 0 spiro atoms. The Morgan fingerprint density at radius 3 is 2.21 bits per heavy atom. The summed E-state index contributed by atoms with van der Waals surface area (Å²) in [5.41, 5.74) is 3.85. The van der Waals surface area contributed by atoms with Crippen LogP contribution in [0, 0.1) is 18.3 Å². The number of rotatable bonds is 3. The summed E-state index contributed by atoms with van der Waals surface area (Å²) in [4.78, 5) is 15.1. The van der Waals surface area contributed by atoms with E-state index >= 15 is 0 Å². The number of H-pyrrole nitrogens is 1. The summed E-state index contributed by atoms with van der Waals surface area (Å²) in [5, 5.41) is 9.36. The summed E-state index contributed by atoms with van der Waals surface area (Å²) in [7, 11) is 1.61. The van der Waals surface area contributed by atoms with Crippen LogP contribution < -0.4 is 10.3 Å². The van der Waals surface area contributed by atoms with Gasteiger partial charge in [0.05, 0.1) is 7.11 Å². The highest BCUT2D eigenvalue weighted by Crippen LogP contribution is 2.27. The highest BCUT2D eigenvalue weighted by Gasteiger charge is 2.12. The topological polar surface area (TPSA) is 65.9 Å². The third kappa shape index (κ3) is 2.92. The number of methoxy groups -OCH3 is 1. The molecule has 0 amide bonds. The van der Waals surface area contributed by atoms with Crippen molar-refractivity contribution < 1.29 is 4.74 Å². The van der Waals surface area contributed by atoms with Gasteiger partial charge in [-0.15, -0.1) is 0 Å². The fourth-order valence-corrected chi connectivity index (χ4v) is 2.56. The Morgan fingerprint density at radius 2 is 1.62 bits per heavy atom. The zero-order valence-corrected chi connectivity index (χ0v) is 13.5. The summed E-state index contributed by atoms with van der Waals surface area (Å²) in [6.07, 6.45) is 0. The molecular formula is C20H16N2O2. The number of nitrogens with one attached hydrogen (secondary N) is 1. The first kappa shape index (κ1) is 15.6. The van der Waals surface area contributed by atoms with Crippen molar-refractivity contribution >= 4 is 0 Å². The molecule has 3 rings (SSSR count). The number of aromatic nitrogens is 1. The van der Waals surface area contributed by atoms with Gasteiger partial charge in [0, 0.05) is 11.3 Å². The number of aromatic amines is 1. The van der Waals surface area contributed by atoms with Crippen LogP contribution in [0.15, 0.2) is 59.4 Å². The van der Waals surface area contributed by atoms with E-state index in [0.717, 1.165) is 22.4 Å². The average molecular weight is 316 g/mol. The van der Waals surface area contributed by atoms with Crippen LogP contribution >= 0.6 is 0 Å². The van der Waals surface area contributed by atoms with Gasteiger partial charge in [-0.25, -0.2) is 0 Å². The van der Waals surface area contributed by atoms with Crippen molar-refractivity contribution in [3.63, 3.8) is 0 Å². The number of pyridine rings is 1. The molecule has 0 aliphatic heterocycles. The van der Waals surface area contributed by atoms with Crippen LogP contribution in [-0.2, 0) is 0 Å². The molecule has 0 bridgehead atoms. The molecule has 2 aromatic carbocycles. The quantitative estimate of drug-likeness (QED) is 0.797. The van der Waals surface area contributed by atoms with Crippen molar-refractivity contribution in [2.45, 2.75) is 6.92 Å². The fourth-order valence-electron chi connectivity index (χ4n) is 2.56. The van der Waals surface area contributed by atoms with Gasteiger partial charge in [-0.1, -0.05) is 29.8 Å². The molecule has 0 saturated carbocycles. The molecule has 1 N–H and O–H groups in total. The van der Waals surface area contributed by atoms with Crippen molar-refractivity contribution in [1.82, 2.24) is 4.98 Å². The van der Waals surface area contributed by atoms with Gasteiger partial charge in [-0.3, -0.25) is 4.79 Å². The van der Waals surface area contributed by atoms with Gasteiger partial charge in [-0.05, 0) is 48.4 Å². The summed E-state index contributed by atoms with van der Waals surface area (Å²) < 4.78 is 5.15.